The van der Waals surface area contributed by atoms with Crippen LogP contribution in [0, 0.1) is 58.7 Å². The Hall–Kier alpha value is -0.730. The normalized spacial score (nSPS) is 47.9. The molecule has 0 aromatic heterocycles. The number of alkyl halides is 3. The molecule has 0 aromatic rings. The summed E-state index contributed by atoms with van der Waals surface area (Å²) < 4.78 is 40.2. The summed E-state index contributed by atoms with van der Waals surface area (Å²) >= 11 is 0. The van der Waals surface area contributed by atoms with Crippen LogP contribution >= 0.6 is 0 Å². The van der Waals surface area contributed by atoms with Gasteiger partial charge in [0.25, 0.3) is 0 Å². The highest BCUT2D eigenvalue weighted by atomic mass is 19.4. The minimum Gasteiger partial charge on any atom is -0.380 e. The lowest BCUT2D eigenvalue weighted by Crippen LogP contribution is -2.55. The predicted octanol–water partition coefficient (Wildman–Crippen LogP) is 5.57. The molecule has 0 aromatic carbocycles. The van der Waals surface area contributed by atoms with E-state index in [0.29, 0.717) is 36.0 Å². The third-order valence-electron chi connectivity index (χ3n) is 10.0. The molecule has 2 N–H and O–H groups in total. The van der Waals surface area contributed by atoms with E-state index in [1.165, 1.54) is 6.42 Å². The van der Waals surface area contributed by atoms with Crippen molar-refractivity contribution in [3.05, 3.63) is 0 Å². The third kappa shape index (κ3) is 3.41. The predicted molar refractivity (Wildman–Crippen MR) is 110 cm³/mol. The van der Waals surface area contributed by atoms with E-state index in [-0.39, 0.29) is 30.1 Å². The lowest BCUT2D eigenvalue weighted by atomic mass is 9.48. The van der Waals surface area contributed by atoms with E-state index in [9.17, 15) is 23.4 Å². The van der Waals surface area contributed by atoms with E-state index < -0.39 is 17.9 Å². The fraction of sp³-hybridized carbons (Fsp3) is 0.920. The van der Waals surface area contributed by atoms with Gasteiger partial charge in [-0.25, -0.2) is 0 Å². The summed E-state index contributed by atoms with van der Waals surface area (Å²) in [6, 6.07) is 0. The molecule has 0 unspecified atom stereocenters. The summed E-state index contributed by atoms with van der Waals surface area (Å²) in [4.78, 5) is 0. The molecule has 0 radical (unpaired) electrons. The van der Waals surface area contributed by atoms with Crippen LogP contribution in [0.2, 0.25) is 0 Å². The van der Waals surface area contributed by atoms with Crippen molar-refractivity contribution in [3.63, 3.8) is 0 Å². The van der Waals surface area contributed by atoms with E-state index in [2.05, 4.69) is 25.7 Å². The lowest BCUT2D eigenvalue weighted by molar-refractivity contribution is -0.282. The van der Waals surface area contributed by atoms with Gasteiger partial charge in [0, 0.05) is 0 Å². The Morgan fingerprint density at radius 3 is 2.33 bits per heavy atom. The van der Waals surface area contributed by atoms with Crippen molar-refractivity contribution in [3.8, 4) is 11.8 Å². The average molecular weight is 427 g/mol. The highest BCUT2D eigenvalue weighted by molar-refractivity contribution is 5.11. The van der Waals surface area contributed by atoms with Crippen molar-refractivity contribution in [2.45, 2.75) is 96.4 Å². The summed E-state index contributed by atoms with van der Waals surface area (Å²) in [5.41, 5.74) is -2.28. The summed E-state index contributed by atoms with van der Waals surface area (Å²) in [5.74, 6) is 8.45. The summed E-state index contributed by atoms with van der Waals surface area (Å²) in [5, 5.41) is 20.8. The average Bonchev–Trinajstić information content (AvgIpc) is 3.03. The molecule has 4 aliphatic carbocycles. The van der Waals surface area contributed by atoms with Gasteiger partial charge in [-0.1, -0.05) is 19.8 Å². The molecule has 2 nitrogen and oxygen atoms in total. The second-order valence-electron chi connectivity index (χ2n) is 11.1. The highest BCUT2D eigenvalue weighted by Gasteiger charge is 2.62. The number of fused-ring (bicyclic) bond motifs is 5. The summed E-state index contributed by atoms with van der Waals surface area (Å²) in [6.45, 7) is 6.31. The van der Waals surface area contributed by atoms with E-state index in [0.717, 1.165) is 32.1 Å². The number of halogens is 3. The minimum absolute atomic E-state index is 0.00811. The van der Waals surface area contributed by atoms with E-state index >= 15 is 0 Å². The van der Waals surface area contributed by atoms with Crippen LogP contribution < -0.4 is 0 Å². The topological polar surface area (TPSA) is 40.5 Å². The summed E-state index contributed by atoms with van der Waals surface area (Å²) in [7, 11) is 0. The van der Waals surface area contributed by atoms with Crippen molar-refractivity contribution in [2.75, 3.05) is 0 Å². The van der Waals surface area contributed by atoms with E-state index in [1.807, 2.05) is 0 Å². The smallest absolute Gasteiger partial charge is 0.380 e. The fourth-order valence-electron chi connectivity index (χ4n) is 8.54. The van der Waals surface area contributed by atoms with Crippen LogP contribution in [0.25, 0.3) is 0 Å². The maximum atomic E-state index is 13.4. The molecule has 30 heavy (non-hydrogen) atoms. The number of aliphatic hydroxyl groups is 2. The zero-order valence-electron chi connectivity index (χ0n) is 18.5. The quantitative estimate of drug-likeness (QED) is 0.567. The van der Waals surface area contributed by atoms with Crippen LogP contribution in [0.1, 0.15) is 78.6 Å². The van der Waals surface area contributed by atoms with Gasteiger partial charge in [0.15, 0.2) is 5.60 Å². The minimum atomic E-state index is -4.52. The molecule has 0 bridgehead atoms. The van der Waals surface area contributed by atoms with Crippen molar-refractivity contribution in [2.24, 2.45) is 46.8 Å². The van der Waals surface area contributed by atoms with Gasteiger partial charge in [-0.3, -0.25) is 0 Å². The largest absolute Gasteiger partial charge is 0.417 e. The Morgan fingerprint density at radius 1 is 0.967 bits per heavy atom. The maximum Gasteiger partial charge on any atom is 0.417 e. The van der Waals surface area contributed by atoms with Gasteiger partial charge in [-0.05, 0) is 112 Å². The molecule has 10 atom stereocenters. The molecule has 4 rings (SSSR count). The van der Waals surface area contributed by atoms with Crippen LogP contribution in [-0.2, 0) is 0 Å². The van der Waals surface area contributed by atoms with Crippen molar-refractivity contribution in [1.29, 1.82) is 0 Å². The van der Waals surface area contributed by atoms with Crippen molar-refractivity contribution < 1.29 is 23.4 Å². The number of hydrogen-bond donors (Lipinski definition) is 2. The lowest BCUT2D eigenvalue weighted by Gasteiger charge is -2.57. The van der Waals surface area contributed by atoms with Gasteiger partial charge in [-0.2, -0.15) is 13.2 Å². The van der Waals surface area contributed by atoms with Gasteiger partial charge in [0.1, 0.15) is 6.10 Å². The Balaban J connectivity index is 1.50. The van der Waals surface area contributed by atoms with Crippen LogP contribution in [0.3, 0.4) is 0 Å². The molecule has 0 saturated heterocycles. The first-order chi connectivity index (χ1) is 14.0. The van der Waals surface area contributed by atoms with Gasteiger partial charge < -0.3 is 10.2 Å². The molecule has 170 valence electrons. The highest BCUT2D eigenvalue weighted by Crippen LogP contribution is 2.66. The molecule has 4 saturated carbocycles. The van der Waals surface area contributed by atoms with Gasteiger partial charge in [0.2, 0.25) is 0 Å². The van der Waals surface area contributed by atoms with Crippen LogP contribution in [0.4, 0.5) is 13.2 Å². The monoisotopic (exact) mass is 426 g/mol. The van der Waals surface area contributed by atoms with Crippen molar-refractivity contribution >= 4 is 0 Å². The van der Waals surface area contributed by atoms with E-state index in [4.69, 9.17) is 0 Å². The molecule has 0 aliphatic heterocycles. The fourth-order valence-corrected chi connectivity index (χ4v) is 8.54. The molecule has 0 spiro atoms. The van der Waals surface area contributed by atoms with Crippen LogP contribution in [-0.4, -0.2) is 28.1 Å². The third-order valence-corrected chi connectivity index (χ3v) is 10.0. The standard InChI is InChI=1S/C25H37F3O2/c1-4-5-22(29)15(2)20-8-9-21-19-7-6-16-14-24(30,25(26,27)28)13-11-17(16)18(19)10-12-23(20,21)3/h15-22,29-30H,6-14H2,1-3H3/t15-,16+,17-,18+,19+,20+,21-,22+,23+,24+/m0/s1. The Kier molecular flexibility index (Phi) is 5.76. The Morgan fingerprint density at radius 2 is 1.67 bits per heavy atom. The maximum absolute atomic E-state index is 13.4. The molecule has 0 heterocycles. The SMILES string of the molecule is CC#C[C@@H](O)[C@@H](C)[C@H]1CC[C@H]2[C@@H]3CC[C@@H]4C[C@@](O)(C(F)(F)F)CC[C@@H]4[C@H]3CC[C@]12C. The first-order valence-corrected chi connectivity index (χ1v) is 11.9. The molecule has 4 fully saturated rings. The van der Waals surface area contributed by atoms with Crippen LogP contribution in [0.5, 0.6) is 0 Å². The Labute approximate surface area is 179 Å². The number of aliphatic hydroxyl groups excluding tert-OH is 1. The van der Waals surface area contributed by atoms with Gasteiger partial charge in [-0.15, -0.1) is 5.92 Å². The molecule has 5 heteroatoms. The van der Waals surface area contributed by atoms with Crippen LogP contribution in [0.15, 0.2) is 0 Å². The zero-order chi connectivity index (χ0) is 21.9. The number of hydrogen-bond acceptors (Lipinski definition) is 2. The molecular weight excluding hydrogens is 389 g/mol. The first kappa shape index (κ1) is 22.5. The molecule has 4 aliphatic rings. The van der Waals surface area contributed by atoms with Gasteiger partial charge >= 0.3 is 6.18 Å². The zero-order valence-corrected chi connectivity index (χ0v) is 18.5. The number of rotatable bonds is 2. The van der Waals surface area contributed by atoms with Crippen molar-refractivity contribution in [1.82, 2.24) is 0 Å². The van der Waals surface area contributed by atoms with Gasteiger partial charge in [0.05, 0.1) is 0 Å². The second-order valence-corrected chi connectivity index (χ2v) is 11.1. The summed E-state index contributed by atoms with van der Waals surface area (Å²) in [6.07, 6.45) is 1.47. The second kappa shape index (κ2) is 7.69. The first-order valence-electron chi connectivity index (χ1n) is 11.9. The molecule has 0 amide bonds. The van der Waals surface area contributed by atoms with E-state index in [1.54, 1.807) is 6.92 Å². The molecular formula is C25H37F3O2. The Bertz CT molecular complexity index is 709.